The summed E-state index contributed by atoms with van der Waals surface area (Å²) in [6.07, 6.45) is 7.65. The minimum absolute atomic E-state index is 0.171. The molecule has 7 heteroatoms. The molecule has 0 radical (unpaired) electrons. The van der Waals surface area contributed by atoms with Crippen molar-refractivity contribution in [3.05, 3.63) is 29.6 Å². The Balaban J connectivity index is 1.85. The topological polar surface area (TPSA) is 112 Å². The molecule has 0 bridgehead atoms. The number of amides is 1. The summed E-state index contributed by atoms with van der Waals surface area (Å²) in [6.45, 7) is 0.456. The van der Waals surface area contributed by atoms with Crippen LogP contribution in [0, 0.1) is 5.92 Å². The van der Waals surface area contributed by atoms with E-state index in [1.807, 2.05) is 12.1 Å². The summed E-state index contributed by atoms with van der Waals surface area (Å²) in [5.41, 5.74) is 3.25. The van der Waals surface area contributed by atoms with Crippen LogP contribution in [-0.4, -0.2) is 33.2 Å². The monoisotopic (exact) mass is 335 g/mol. The number of aryl methyl sites for hydroxylation is 1. The maximum Gasteiger partial charge on any atom is 0.320 e. The number of carboxylic acid groups (broad SMARTS) is 1. The molecule has 24 heavy (non-hydrogen) atoms. The van der Waals surface area contributed by atoms with Crippen LogP contribution in [0.3, 0.4) is 0 Å². The summed E-state index contributed by atoms with van der Waals surface area (Å²) < 4.78 is 0. The highest BCUT2D eigenvalue weighted by molar-refractivity contribution is 5.74. The van der Waals surface area contributed by atoms with Crippen molar-refractivity contribution in [2.75, 3.05) is 0 Å². The van der Waals surface area contributed by atoms with Crippen molar-refractivity contribution in [1.29, 1.82) is 0 Å². The van der Waals surface area contributed by atoms with E-state index in [0.29, 0.717) is 13.0 Å². The van der Waals surface area contributed by atoms with Crippen LogP contribution < -0.4 is 10.8 Å². The maximum atomic E-state index is 11.5. The molecule has 2 rings (SSSR count). The predicted octanol–water partition coefficient (Wildman–Crippen LogP) is 1.64. The van der Waals surface area contributed by atoms with Gasteiger partial charge in [-0.25, -0.2) is 5.48 Å². The molecule has 1 amide bonds. The van der Waals surface area contributed by atoms with Gasteiger partial charge in [-0.2, -0.15) is 0 Å². The summed E-state index contributed by atoms with van der Waals surface area (Å²) in [4.78, 5) is 26.8. The fourth-order valence-electron chi connectivity index (χ4n) is 3.16. The first-order valence-electron chi connectivity index (χ1n) is 8.43. The molecule has 0 aliphatic heterocycles. The highest BCUT2D eigenvalue weighted by Gasteiger charge is 2.28. The second kappa shape index (κ2) is 9.34. The average Bonchev–Trinajstić information content (AvgIpc) is 2.61. The lowest BCUT2D eigenvalue weighted by Gasteiger charge is -2.28. The second-order valence-electron chi connectivity index (χ2n) is 6.29. The van der Waals surface area contributed by atoms with Gasteiger partial charge >= 0.3 is 5.97 Å². The molecular weight excluding hydrogens is 310 g/mol. The van der Waals surface area contributed by atoms with Crippen molar-refractivity contribution < 1.29 is 19.9 Å². The number of carbonyl (C=O) groups excluding carboxylic acids is 1. The molecule has 132 valence electrons. The Kier molecular flexibility index (Phi) is 7.14. The Labute approximate surface area is 141 Å². The first-order valence-corrected chi connectivity index (χ1v) is 8.43. The third-order valence-corrected chi connectivity index (χ3v) is 4.53. The van der Waals surface area contributed by atoms with Crippen LogP contribution >= 0.6 is 0 Å². The number of hydrogen-bond donors (Lipinski definition) is 4. The molecule has 1 saturated carbocycles. The third-order valence-electron chi connectivity index (χ3n) is 4.53. The number of nitrogens with one attached hydrogen (secondary N) is 2. The van der Waals surface area contributed by atoms with Crippen LogP contribution in [0.25, 0.3) is 0 Å². The van der Waals surface area contributed by atoms with E-state index in [0.717, 1.165) is 36.9 Å². The largest absolute Gasteiger partial charge is 0.480 e. The highest BCUT2D eigenvalue weighted by atomic mass is 16.5. The number of carboxylic acids is 1. The number of carbonyl (C=O) groups is 2. The van der Waals surface area contributed by atoms with Crippen LogP contribution in [0.4, 0.5) is 0 Å². The number of hydrogen-bond acceptors (Lipinski definition) is 5. The second-order valence-corrected chi connectivity index (χ2v) is 6.29. The van der Waals surface area contributed by atoms with Gasteiger partial charge in [-0.15, -0.1) is 0 Å². The van der Waals surface area contributed by atoms with E-state index in [-0.39, 0.29) is 12.3 Å². The van der Waals surface area contributed by atoms with Gasteiger partial charge in [0.1, 0.15) is 6.04 Å². The third kappa shape index (κ3) is 5.58. The van der Waals surface area contributed by atoms with Gasteiger partial charge in [-0.1, -0.05) is 25.3 Å². The first kappa shape index (κ1) is 18.4. The standard InChI is InChI=1S/C17H25N3O4/c21-15(20-24)9-8-14-7-6-12(10-18-14)11-19-16(17(22)23)13-4-2-1-3-5-13/h6-7,10,13,16,19,24H,1-5,8-9,11H2,(H,20,21)(H,22,23). The van der Waals surface area contributed by atoms with E-state index in [1.54, 1.807) is 11.7 Å². The minimum atomic E-state index is -0.790. The Morgan fingerprint density at radius 1 is 1.25 bits per heavy atom. The van der Waals surface area contributed by atoms with Gasteiger partial charge in [0.2, 0.25) is 5.91 Å². The van der Waals surface area contributed by atoms with E-state index in [9.17, 15) is 14.7 Å². The van der Waals surface area contributed by atoms with Gasteiger partial charge in [0.05, 0.1) is 0 Å². The molecule has 1 aliphatic rings. The molecule has 1 aromatic heterocycles. The van der Waals surface area contributed by atoms with Crippen LogP contribution in [-0.2, 0) is 22.6 Å². The summed E-state index contributed by atoms with van der Waals surface area (Å²) in [7, 11) is 0. The lowest BCUT2D eigenvalue weighted by atomic mass is 9.84. The number of hydroxylamine groups is 1. The molecule has 1 fully saturated rings. The zero-order valence-electron chi connectivity index (χ0n) is 13.7. The Morgan fingerprint density at radius 2 is 2.00 bits per heavy atom. The van der Waals surface area contributed by atoms with Crippen LogP contribution in [0.2, 0.25) is 0 Å². The molecule has 0 spiro atoms. The fraction of sp³-hybridized carbons (Fsp3) is 0.588. The number of aliphatic carboxylic acids is 1. The number of aromatic nitrogens is 1. The van der Waals surface area contributed by atoms with Crippen LogP contribution in [0.15, 0.2) is 18.3 Å². The van der Waals surface area contributed by atoms with Crippen LogP contribution in [0.5, 0.6) is 0 Å². The van der Waals surface area contributed by atoms with Gasteiger partial charge in [-0.3, -0.25) is 19.8 Å². The summed E-state index contributed by atoms with van der Waals surface area (Å²) in [5.74, 6) is -1.04. The summed E-state index contributed by atoms with van der Waals surface area (Å²) in [5, 5.41) is 21.1. The normalized spacial score (nSPS) is 16.5. The molecule has 1 aliphatic carbocycles. The van der Waals surface area contributed by atoms with Gasteiger partial charge in [-0.05, 0) is 36.8 Å². The van der Waals surface area contributed by atoms with E-state index >= 15 is 0 Å². The zero-order chi connectivity index (χ0) is 17.4. The lowest BCUT2D eigenvalue weighted by molar-refractivity contribution is -0.141. The highest BCUT2D eigenvalue weighted by Crippen LogP contribution is 2.26. The van der Waals surface area contributed by atoms with Gasteiger partial charge in [0, 0.05) is 24.9 Å². The number of nitrogens with zero attached hydrogens (tertiary/aromatic N) is 1. The van der Waals surface area contributed by atoms with E-state index < -0.39 is 17.9 Å². The maximum absolute atomic E-state index is 11.5. The molecule has 0 aromatic carbocycles. The predicted molar refractivity (Wildman–Crippen MR) is 87.3 cm³/mol. The molecule has 1 unspecified atom stereocenters. The fourth-order valence-corrected chi connectivity index (χ4v) is 3.16. The quantitative estimate of drug-likeness (QED) is 0.424. The average molecular weight is 335 g/mol. The van der Waals surface area contributed by atoms with Crippen molar-refractivity contribution in [3.63, 3.8) is 0 Å². The SMILES string of the molecule is O=C(CCc1ccc(CNC(C(=O)O)C2CCCCC2)cn1)NO. The van der Waals surface area contributed by atoms with Crippen molar-refractivity contribution >= 4 is 11.9 Å². The van der Waals surface area contributed by atoms with Crippen molar-refractivity contribution in [2.45, 2.75) is 57.5 Å². The smallest absolute Gasteiger partial charge is 0.320 e. The molecule has 1 atom stereocenters. The van der Waals surface area contributed by atoms with Gasteiger partial charge in [0.15, 0.2) is 0 Å². The van der Waals surface area contributed by atoms with Crippen molar-refractivity contribution in [1.82, 2.24) is 15.8 Å². The van der Waals surface area contributed by atoms with Gasteiger partial charge in [0.25, 0.3) is 0 Å². The molecule has 1 heterocycles. The lowest BCUT2D eigenvalue weighted by Crippen LogP contribution is -2.43. The first-order chi connectivity index (χ1) is 11.6. The molecule has 7 nitrogen and oxygen atoms in total. The zero-order valence-corrected chi connectivity index (χ0v) is 13.7. The number of pyridine rings is 1. The van der Waals surface area contributed by atoms with Crippen molar-refractivity contribution in [2.24, 2.45) is 5.92 Å². The van der Waals surface area contributed by atoms with Crippen molar-refractivity contribution in [3.8, 4) is 0 Å². The number of rotatable bonds is 8. The molecule has 4 N–H and O–H groups in total. The summed E-state index contributed by atoms with van der Waals surface area (Å²) in [6, 6.07) is 3.18. The van der Waals surface area contributed by atoms with Gasteiger partial charge < -0.3 is 10.4 Å². The summed E-state index contributed by atoms with van der Waals surface area (Å²) >= 11 is 0. The Bertz CT molecular complexity index is 541. The Morgan fingerprint density at radius 3 is 2.58 bits per heavy atom. The Hall–Kier alpha value is -1.99. The van der Waals surface area contributed by atoms with E-state index in [2.05, 4.69) is 10.3 Å². The van der Waals surface area contributed by atoms with Crippen LogP contribution in [0.1, 0.15) is 49.8 Å². The molecule has 1 aromatic rings. The molecular formula is C17H25N3O4. The molecule has 0 saturated heterocycles. The van der Waals surface area contributed by atoms with E-state index in [1.165, 1.54) is 6.42 Å². The van der Waals surface area contributed by atoms with E-state index in [4.69, 9.17) is 5.21 Å². The minimum Gasteiger partial charge on any atom is -0.480 e.